The number of thioether (sulfide) groups is 1. The van der Waals surface area contributed by atoms with E-state index in [0.29, 0.717) is 12.3 Å². The number of amides is 1. The molecule has 34 heavy (non-hydrogen) atoms. The summed E-state index contributed by atoms with van der Waals surface area (Å²) in [7, 11) is 1.68. The topological polar surface area (TPSA) is 72.3 Å². The Morgan fingerprint density at radius 2 is 1.94 bits per heavy atom. The molecule has 2 heterocycles. The lowest BCUT2D eigenvalue weighted by atomic mass is 10.0. The summed E-state index contributed by atoms with van der Waals surface area (Å²) < 4.78 is 7.49. The summed E-state index contributed by atoms with van der Waals surface area (Å²) in [5.41, 5.74) is 3.40. The van der Waals surface area contributed by atoms with Crippen molar-refractivity contribution in [1.82, 2.24) is 25.0 Å². The van der Waals surface area contributed by atoms with Crippen molar-refractivity contribution in [1.29, 1.82) is 0 Å². The van der Waals surface area contributed by atoms with E-state index in [1.165, 1.54) is 30.2 Å². The number of carbonyl (C=O) groups is 1. The lowest BCUT2D eigenvalue weighted by Gasteiger charge is -2.28. The van der Waals surface area contributed by atoms with Gasteiger partial charge >= 0.3 is 0 Å². The molecule has 0 radical (unpaired) electrons. The highest BCUT2D eigenvalue weighted by molar-refractivity contribution is 7.99. The number of methoxy groups -OCH3 is 1. The van der Waals surface area contributed by atoms with Crippen LogP contribution in [0.4, 0.5) is 0 Å². The number of benzene rings is 2. The maximum Gasteiger partial charge on any atom is 0.230 e. The fraction of sp³-hybridized carbons (Fsp3) is 0.423. The summed E-state index contributed by atoms with van der Waals surface area (Å²) in [6.07, 6.45) is 2.39. The second-order valence-corrected chi connectivity index (χ2v) is 9.44. The van der Waals surface area contributed by atoms with Crippen molar-refractivity contribution in [3.63, 3.8) is 0 Å². The lowest BCUT2D eigenvalue weighted by molar-refractivity contribution is -0.118. The first kappa shape index (κ1) is 24.3. The van der Waals surface area contributed by atoms with Crippen LogP contribution in [0.15, 0.2) is 53.7 Å². The van der Waals surface area contributed by atoms with Gasteiger partial charge < -0.3 is 14.6 Å². The molecule has 7 nitrogen and oxygen atoms in total. The number of aryl methyl sites for hydroxylation is 1. The molecule has 4 rings (SSSR count). The highest BCUT2D eigenvalue weighted by Crippen LogP contribution is 2.28. The molecular weight excluding hydrogens is 446 g/mol. The van der Waals surface area contributed by atoms with Gasteiger partial charge in [-0.2, -0.15) is 0 Å². The summed E-state index contributed by atoms with van der Waals surface area (Å²) in [5, 5.41) is 12.7. The molecule has 1 amide bonds. The van der Waals surface area contributed by atoms with Crippen molar-refractivity contribution in [3.8, 4) is 17.1 Å². The lowest BCUT2D eigenvalue weighted by Crippen LogP contribution is -2.37. The monoisotopic (exact) mass is 479 g/mol. The summed E-state index contributed by atoms with van der Waals surface area (Å²) in [5.74, 6) is 1.99. The van der Waals surface area contributed by atoms with Crippen molar-refractivity contribution in [2.75, 3.05) is 32.5 Å². The first-order valence-electron chi connectivity index (χ1n) is 11.9. The zero-order valence-electron chi connectivity index (χ0n) is 20.2. The van der Waals surface area contributed by atoms with E-state index in [-0.39, 0.29) is 11.9 Å². The fourth-order valence-corrected chi connectivity index (χ4v) is 5.29. The number of hydrogen-bond acceptors (Lipinski definition) is 6. The van der Waals surface area contributed by atoms with Crippen LogP contribution in [-0.4, -0.2) is 58.1 Å². The maximum absolute atomic E-state index is 12.8. The Kier molecular flexibility index (Phi) is 8.24. The summed E-state index contributed by atoms with van der Waals surface area (Å²) in [6, 6.07) is 16.5. The van der Waals surface area contributed by atoms with Crippen LogP contribution in [0.25, 0.3) is 11.4 Å². The van der Waals surface area contributed by atoms with E-state index in [0.717, 1.165) is 47.5 Å². The van der Waals surface area contributed by atoms with E-state index in [1.54, 1.807) is 7.11 Å². The Morgan fingerprint density at radius 3 is 2.68 bits per heavy atom. The van der Waals surface area contributed by atoms with E-state index >= 15 is 0 Å². The number of aromatic nitrogens is 3. The van der Waals surface area contributed by atoms with Gasteiger partial charge in [0.1, 0.15) is 5.75 Å². The van der Waals surface area contributed by atoms with Crippen LogP contribution in [0, 0.1) is 6.92 Å². The average Bonchev–Trinajstić information content (AvgIpc) is 3.53. The number of hydrogen-bond donors (Lipinski definition) is 1. The van der Waals surface area contributed by atoms with Gasteiger partial charge in [-0.1, -0.05) is 48.2 Å². The highest BCUT2D eigenvalue weighted by Gasteiger charge is 2.24. The summed E-state index contributed by atoms with van der Waals surface area (Å²) in [4.78, 5) is 15.2. The number of likely N-dealkylation sites (tertiary alicyclic amines) is 1. The van der Waals surface area contributed by atoms with Gasteiger partial charge in [0.2, 0.25) is 5.91 Å². The van der Waals surface area contributed by atoms with E-state index in [1.807, 2.05) is 24.3 Å². The molecule has 1 aliphatic rings. The largest absolute Gasteiger partial charge is 0.497 e. The standard InChI is InChI=1S/C26H33N5O2S/c1-4-31-25(22-13-6-5-10-19(22)2)28-29-26(31)34-18-24(32)27-17-23(30-14-7-8-15-30)20-11-9-12-21(16-20)33-3/h5-6,9-13,16,23H,4,7-8,14-15,17-18H2,1-3H3,(H,27,32). The SMILES string of the molecule is CCn1c(SCC(=O)NCC(c2cccc(OC)c2)N2CCCC2)nnc1-c1ccccc1C. The van der Waals surface area contributed by atoms with Gasteiger partial charge in [-0.05, 0) is 63.0 Å². The molecule has 1 saturated heterocycles. The first-order valence-corrected chi connectivity index (χ1v) is 12.9. The molecule has 0 aliphatic carbocycles. The Bertz CT molecular complexity index is 1110. The number of carbonyl (C=O) groups excluding carboxylic acids is 1. The molecular formula is C26H33N5O2S. The molecule has 1 unspecified atom stereocenters. The minimum absolute atomic E-state index is 0.000174. The Labute approximate surface area is 205 Å². The van der Waals surface area contributed by atoms with Crippen molar-refractivity contribution in [2.45, 2.75) is 44.4 Å². The van der Waals surface area contributed by atoms with Gasteiger partial charge in [-0.25, -0.2) is 0 Å². The molecule has 180 valence electrons. The molecule has 0 saturated carbocycles. The smallest absolute Gasteiger partial charge is 0.230 e. The van der Waals surface area contributed by atoms with Crippen molar-refractivity contribution < 1.29 is 9.53 Å². The average molecular weight is 480 g/mol. The van der Waals surface area contributed by atoms with E-state index < -0.39 is 0 Å². The molecule has 1 atom stereocenters. The van der Waals surface area contributed by atoms with Gasteiger partial charge in [0.25, 0.3) is 0 Å². The van der Waals surface area contributed by atoms with Crippen LogP contribution in [-0.2, 0) is 11.3 Å². The van der Waals surface area contributed by atoms with Gasteiger partial charge in [-0.15, -0.1) is 10.2 Å². The molecule has 2 aromatic carbocycles. The van der Waals surface area contributed by atoms with Gasteiger partial charge in [0.05, 0.1) is 18.9 Å². The van der Waals surface area contributed by atoms with Crippen LogP contribution in [0.2, 0.25) is 0 Å². The molecule has 0 spiro atoms. The molecule has 8 heteroatoms. The normalized spacial score (nSPS) is 14.8. The number of rotatable bonds is 10. The minimum atomic E-state index is 0.000174. The molecule has 3 aromatic rings. The maximum atomic E-state index is 12.8. The Hall–Kier alpha value is -2.84. The van der Waals surface area contributed by atoms with Crippen molar-refractivity contribution in [2.24, 2.45) is 0 Å². The van der Waals surface area contributed by atoms with E-state index in [2.05, 4.69) is 63.1 Å². The highest BCUT2D eigenvalue weighted by atomic mass is 32.2. The van der Waals surface area contributed by atoms with Crippen molar-refractivity contribution >= 4 is 17.7 Å². The third-order valence-electron chi connectivity index (χ3n) is 6.30. The van der Waals surface area contributed by atoms with Crippen molar-refractivity contribution in [3.05, 3.63) is 59.7 Å². The van der Waals surface area contributed by atoms with Crippen LogP contribution in [0.3, 0.4) is 0 Å². The second-order valence-electron chi connectivity index (χ2n) is 8.49. The molecule has 1 N–H and O–H groups in total. The molecule has 1 fully saturated rings. The second kappa shape index (κ2) is 11.5. The number of nitrogens with one attached hydrogen (secondary N) is 1. The van der Waals surface area contributed by atoms with Gasteiger partial charge in [0, 0.05) is 18.7 Å². The van der Waals surface area contributed by atoms with E-state index in [4.69, 9.17) is 4.74 Å². The number of ether oxygens (including phenoxy) is 1. The molecule has 1 aromatic heterocycles. The third-order valence-corrected chi connectivity index (χ3v) is 7.27. The quantitative estimate of drug-likeness (QED) is 0.437. The minimum Gasteiger partial charge on any atom is -0.497 e. The van der Waals surface area contributed by atoms with Gasteiger partial charge in [0.15, 0.2) is 11.0 Å². The van der Waals surface area contributed by atoms with Crippen LogP contribution in [0.5, 0.6) is 5.75 Å². The third kappa shape index (κ3) is 5.62. The summed E-state index contributed by atoms with van der Waals surface area (Å²) in [6.45, 7) is 7.56. The predicted octanol–water partition coefficient (Wildman–Crippen LogP) is 4.33. The predicted molar refractivity (Wildman–Crippen MR) is 136 cm³/mol. The van der Waals surface area contributed by atoms with E-state index in [9.17, 15) is 4.79 Å². The first-order chi connectivity index (χ1) is 16.6. The summed E-state index contributed by atoms with van der Waals surface area (Å²) >= 11 is 1.43. The molecule has 1 aliphatic heterocycles. The fourth-order valence-electron chi connectivity index (χ4n) is 4.46. The number of nitrogens with zero attached hydrogens (tertiary/aromatic N) is 4. The van der Waals surface area contributed by atoms with Gasteiger partial charge in [-0.3, -0.25) is 9.69 Å². The van der Waals surface area contributed by atoms with Crippen LogP contribution >= 0.6 is 11.8 Å². The Morgan fingerprint density at radius 1 is 1.15 bits per heavy atom. The zero-order valence-corrected chi connectivity index (χ0v) is 21.0. The molecule has 0 bridgehead atoms. The van der Waals surface area contributed by atoms with Crippen LogP contribution in [0.1, 0.15) is 36.9 Å². The van der Waals surface area contributed by atoms with Crippen LogP contribution < -0.4 is 10.1 Å². The Balaban J connectivity index is 1.40. The zero-order chi connectivity index (χ0) is 23.9.